The van der Waals surface area contributed by atoms with Crippen LogP contribution in [0, 0.1) is 0 Å². The first-order valence-electron chi connectivity index (χ1n) is 6.97. The van der Waals surface area contributed by atoms with E-state index in [0.717, 1.165) is 11.3 Å². The summed E-state index contributed by atoms with van der Waals surface area (Å²) in [6.07, 6.45) is 1.88. The zero-order chi connectivity index (χ0) is 15.6. The van der Waals surface area contributed by atoms with Crippen molar-refractivity contribution in [2.45, 2.75) is 32.2 Å². The Labute approximate surface area is 124 Å². The molecule has 1 aromatic rings. The molecule has 1 aliphatic rings. The number of carbonyl (C=O) groups excluding carboxylic acids is 1. The molecule has 0 spiro atoms. The standard InChI is InChI=1S/C14H23N5O2/c1-14(2,3)11-9(8-19(4)18-11)10-12(20)17-13(16-10)15-6-7-21-5/h8,10H,6-7H2,1-5H3,(H2,15,16,17,20). The minimum Gasteiger partial charge on any atom is -0.383 e. The van der Waals surface area contributed by atoms with Crippen LogP contribution >= 0.6 is 0 Å². The maximum Gasteiger partial charge on any atom is 0.254 e. The average molecular weight is 293 g/mol. The van der Waals surface area contributed by atoms with Gasteiger partial charge in [-0.05, 0) is 0 Å². The van der Waals surface area contributed by atoms with E-state index in [2.05, 4.69) is 41.5 Å². The van der Waals surface area contributed by atoms with Gasteiger partial charge in [0.05, 0.1) is 18.8 Å². The number of hydrogen-bond donors (Lipinski definition) is 2. The second kappa shape index (κ2) is 5.85. The Morgan fingerprint density at radius 2 is 2.19 bits per heavy atom. The van der Waals surface area contributed by atoms with Crippen molar-refractivity contribution in [2.24, 2.45) is 12.0 Å². The van der Waals surface area contributed by atoms with Crippen LogP contribution in [0.2, 0.25) is 0 Å². The predicted octanol–water partition coefficient (Wildman–Crippen LogP) is 0.480. The van der Waals surface area contributed by atoms with Crippen LogP contribution in [0.5, 0.6) is 0 Å². The number of guanidine groups is 1. The van der Waals surface area contributed by atoms with Gasteiger partial charge in [-0.2, -0.15) is 5.10 Å². The van der Waals surface area contributed by atoms with Gasteiger partial charge in [0, 0.05) is 31.3 Å². The van der Waals surface area contributed by atoms with Crippen molar-refractivity contribution in [1.29, 1.82) is 0 Å². The minimum atomic E-state index is -0.450. The molecule has 0 aliphatic carbocycles. The summed E-state index contributed by atoms with van der Waals surface area (Å²) >= 11 is 0. The molecular formula is C14H23N5O2. The fourth-order valence-corrected chi connectivity index (χ4v) is 2.28. The Bertz CT molecular complexity index is 556. The Balaban J connectivity index is 2.23. The number of methoxy groups -OCH3 is 1. The predicted molar refractivity (Wildman–Crippen MR) is 80.1 cm³/mol. The molecule has 2 heterocycles. The summed E-state index contributed by atoms with van der Waals surface area (Å²) in [6, 6.07) is -0.450. The number of carbonyl (C=O) groups is 1. The molecule has 2 rings (SSSR count). The van der Waals surface area contributed by atoms with Crippen LogP contribution in [-0.4, -0.2) is 41.9 Å². The molecule has 7 nitrogen and oxygen atoms in total. The second-order valence-electron chi connectivity index (χ2n) is 6.15. The lowest BCUT2D eigenvalue weighted by Crippen LogP contribution is -2.26. The van der Waals surface area contributed by atoms with Crippen molar-refractivity contribution >= 4 is 11.9 Å². The van der Waals surface area contributed by atoms with E-state index in [1.165, 1.54) is 0 Å². The molecule has 1 aromatic heterocycles. The van der Waals surface area contributed by atoms with Crippen LogP contribution in [0.3, 0.4) is 0 Å². The van der Waals surface area contributed by atoms with Crippen LogP contribution in [0.1, 0.15) is 38.1 Å². The van der Waals surface area contributed by atoms with E-state index in [0.29, 0.717) is 19.1 Å². The number of ether oxygens (including phenoxy) is 1. The molecule has 2 N–H and O–H groups in total. The Morgan fingerprint density at radius 1 is 1.48 bits per heavy atom. The number of hydrogen-bond acceptors (Lipinski definition) is 4. The highest BCUT2D eigenvalue weighted by Crippen LogP contribution is 2.29. The number of nitrogens with zero attached hydrogens (tertiary/aromatic N) is 3. The Morgan fingerprint density at radius 3 is 2.81 bits per heavy atom. The number of amides is 1. The van der Waals surface area contributed by atoms with Gasteiger partial charge < -0.3 is 10.1 Å². The van der Waals surface area contributed by atoms with Gasteiger partial charge in [-0.3, -0.25) is 19.8 Å². The maximum absolute atomic E-state index is 12.2. The van der Waals surface area contributed by atoms with E-state index in [9.17, 15) is 4.79 Å². The van der Waals surface area contributed by atoms with E-state index in [4.69, 9.17) is 4.74 Å². The first kappa shape index (κ1) is 15.5. The largest absolute Gasteiger partial charge is 0.383 e. The Kier molecular flexibility index (Phi) is 4.32. The lowest BCUT2D eigenvalue weighted by molar-refractivity contribution is -0.120. The minimum absolute atomic E-state index is 0.107. The molecule has 0 saturated carbocycles. The van der Waals surface area contributed by atoms with Crippen molar-refractivity contribution in [1.82, 2.24) is 20.4 Å². The maximum atomic E-state index is 12.2. The third-order valence-electron chi connectivity index (χ3n) is 3.23. The number of rotatable bonds is 4. The molecule has 1 unspecified atom stereocenters. The molecule has 7 heteroatoms. The smallest absolute Gasteiger partial charge is 0.254 e. The third kappa shape index (κ3) is 3.41. The van der Waals surface area contributed by atoms with Crippen LogP contribution < -0.4 is 10.6 Å². The molecule has 0 radical (unpaired) electrons. The summed E-state index contributed by atoms with van der Waals surface area (Å²) in [5.74, 6) is 0.385. The SMILES string of the molecule is COCCN=C1NC(=O)C(c2cn(C)nc2C(C)(C)C)N1. The normalized spacial score (nSPS) is 20.7. The van der Waals surface area contributed by atoms with Gasteiger partial charge in [-0.25, -0.2) is 0 Å². The summed E-state index contributed by atoms with van der Waals surface area (Å²) in [7, 11) is 3.48. The number of aryl methyl sites for hydroxylation is 1. The molecule has 0 aromatic carbocycles. The third-order valence-corrected chi connectivity index (χ3v) is 3.23. The van der Waals surface area contributed by atoms with Gasteiger partial charge in [0.15, 0.2) is 5.96 Å². The molecule has 1 fully saturated rings. The van der Waals surface area contributed by atoms with Crippen molar-refractivity contribution in [2.75, 3.05) is 20.3 Å². The fourth-order valence-electron chi connectivity index (χ4n) is 2.28. The van der Waals surface area contributed by atoms with Gasteiger partial charge in [0.25, 0.3) is 5.91 Å². The lowest BCUT2D eigenvalue weighted by atomic mass is 9.87. The van der Waals surface area contributed by atoms with Crippen LogP contribution in [0.15, 0.2) is 11.2 Å². The number of aliphatic imine (C=N–C) groups is 1. The fraction of sp³-hybridized carbons (Fsp3) is 0.643. The molecule has 1 amide bonds. The highest BCUT2D eigenvalue weighted by molar-refractivity contribution is 6.06. The lowest BCUT2D eigenvalue weighted by Gasteiger charge is -2.19. The van der Waals surface area contributed by atoms with E-state index in [1.54, 1.807) is 11.8 Å². The van der Waals surface area contributed by atoms with Gasteiger partial charge >= 0.3 is 0 Å². The molecular weight excluding hydrogens is 270 g/mol. The van der Waals surface area contributed by atoms with Gasteiger partial charge in [-0.15, -0.1) is 0 Å². The zero-order valence-electron chi connectivity index (χ0n) is 13.2. The molecule has 1 atom stereocenters. The van der Waals surface area contributed by atoms with E-state index in [1.807, 2.05) is 13.2 Å². The second-order valence-corrected chi connectivity index (χ2v) is 6.15. The zero-order valence-corrected chi connectivity index (χ0v) is 13.2. The quantitative estimate of drug-likeness (QED) is 0.791. The molecule has 21 heavy (non-hydrogen) atoms. The van der Waals surface area contributed by atoms with Gasteiger partial charge in [-0.1, -0.05) is 20.8 Å². The first-order valence-corrected chi connectivity index (χ1v) is 6.97. The highest BCUT2D eigenvalue weighted by atomic mass is 16.5. The van der Waals surface area contributed by atoms with Crippen molar-refractivity contribution < 1.29 is 9.53 Å². The summed E-state index contributed by atoms with van der Waals surface area (Å²) in [5.41, 5.74) is 1.67. The van der Waals surface area contributed by atoms with E-state index in [-0.39, 0.29) is 11.3 Å². The van der Waals surface area contributed by atoms with Gasteiger partial charge in [0.1, 0.15) is 6.04 Å². The Hall–Kier alpha value is -1.89. The van der Waals surface area contributed by atoms with Crippen molar-refractivity contribution in [3.63, 3.8) is 0 Å². The topological polar surface area (TPSA) is 80.5 Å². The molecule has 0 bridgehead atoms. The summed E-state index contributed by atoms with van der Waals surface area (Å²) < 4.78 is 6.69. The average Bonchev–Trinajstić information content (AvgIpc) is 2.92. The summed E-state index contributed by atoms with van der Waals surface area (Å²) in [6.45, 7) is 7.27. The summed E-state index contributed by atoms with van der Waals surface area (Å²) in [4.78, 5) is 16.4. The van der Waals surface area contributed by atoms with Crippen molar-refractivity contribution in [3.05, 3.63) is 17.5 Å². The first-order chi connectivity index (χ1) is 9.82. The van der Waals surface area contributed by atoms with E-state index < -0.39 is 6.04 Å². The highest BCUT2D eigenvalue weighted by Gasteiger charge is 2.35. The molecule has 116 valence electrons. The number of aromatic nitrogens is 2. The summed E-state index contributed by atoms with van der Waals surface area (Å²) in [5, 5.41) is 10.4. The van der Waals surface area contributed by atoms with Crippen molar-refractivity contribution in [3.8, 4) is 0 Å². The monoisotopic (exact) mass is 293 g/mol. The van der Waals surface area contributed by atoms with Crippen LogP contribution in [0.25, 0.3) is 0 Å². The van der Waals surface area contributed by atoms with Gasteiger partial charge in [0.2, 0.25) is 0 Å². The van der Waals surface area contributed by atoms with Crippen LogP contribution in [0.4, 0.5) is 0 Å². The molecule has 1 saturated heterocycles. The van der Waals surface area contributed by atoms with E-state index >= 15 is 0 Å². The van der Waals surface area contributed by atoms with Crippen LogP contribution in [-0.2, 0) is 22.0 Å². The molecule has 1 aliphatic heterocycles. The number of nitrogens with one attached hydrogen (secondary N) is 2.